The Kier molecular flexibility index (Phi) is 3.34. The van der Waals surface area contributed by atoms with E-state index < -0.39 is 0 Å². The van der Waals surface area contributed by atoms with Crippen LogP contribution in [0.15, 0.2) is 0 Å². The molecule has 1 rings (SSSR count). The van der Waals surface area contributed by atoms with Crippen molar-refractivity contribution in [3.63, 3.8) is 0 Å². The van der Waals surface area contributed by atoms with Crippen LogP contribution in [-0.2, 0) is 0 Å². The standard InChI is InChI=1S/C9H19NO/c1-7(9-3-4-9)5-10-6-8(2)11/h7-11H,3-6H2,1-2H3/t7?,8-/m1/s1. The van der Waals surface area contributed by atoms with Crippen LogP contribution in [0.5, 0.6) is 0 Å². The van der Waals surface area contributed by atoms with Crippen LogP contribution in [0.3, 0.4) is 0 Å². The van der Waals surface area contributed by atoms with Crippen LogP contribution in [0.1, 0.15) is 26.7 Å². The van der Waals surface area contributed by atoms with Gasteiger partial charge in [0.1, 0.15) is 0 Å². The van der Waals surface area contributed by atoms with Gasteiger partial charge in [-0.1, -0.05) is 6.92 Å². The Labute approximate surface area is 69.0 Å². The molecule has 2 atom stereocenters. The van der Waals surface area contributed by atoms with Crippen LogP contribution in [-0.4, -0.2) is 24.3 Å². The van der Waals surface area contributed by atoms with Gasteiger partial charge in [0.2, 0.25) is 0 Å². The summed E-state index contributed by atoms with van der Waals surface area (Å²) in [5, 5.41) is 12.2. The highest BCUT2D eigenvalue weighted by Gasteiger charge is 2.27. The van der Waals surface area contributed by atoms with Crippen LogP contribution in [0.2, 0.25) is 0 Å². The molecule has 1 aliphatic rings. The highest BCUT2D eigenvalue weighted by atomic mass is 16.3. The third kappa shape index (κ3) is 3.73. The Hall–Kier alpha value is -0.0800. The first-order valence-electron chi connectivity index (χ1n) is 4.59. The predicted molar refractivity (Wildman–Crippen MR) is 46.4 cm³/mol. The van der Waals surface area contributed by atoms with E-state index in [2.05, 4.69) is 12.2 Å². The van der Waals surface area contributed by atoms with Crippen molar-refractivity contribution in [2.24, 2.45) is 11.8 Å². The summed E-state index contributed by atoms with van der Waals surface area (Å²) < 4.78 is 0. The number of hydrogen-bond donors (Lipinski definition) is 2. The second-order valence-corrected chi connectivity index (χ2v) is 3.82. The van der Waals surface area contributed by atoms with E-state index in [1.54, 1.807) is 0 Å². The topological polar surface area (TPSA) is 32.3 Å². The Morgan fingerprint density at radius 1 is 1.36 bits per heavy atom. The largest absolute Gasteiger partial charge is 0.392 e. The molecule has 1 fully saturated rings. The molecule has 0 radical (unpaired) electrons. The number of aliphatic hydroxyl groups excluding tert-OH is 1. The Morgan fingerprint density at radius 3 is 2.45 bits per heavy atom. The van der Waals surface area contributed by atoms with Crippen LogP contribution < -0.4 is 5.32 Å². The highest BCUT2D eigenvalue weighted by molar-refractivity contribution is 4.79. The van der Waals surface area contributed by atoms with E-state index in [9.17, 15) is 0 Å². The fourth-order valence-electron chi connectivity index (χ4n) is 1.35. The summed E-state index contributed by atoms with van der Waals surface area (Å²) in [7, 11) is 0. The van der Waals surface area contributed by atoms with Crippen LogP contribution in [0.4, 0.5) is 0 Å². The van der Waals surface area contributed by atoms with Crippen molar-refractivity contribution in [3.8, 4) is 0 Å². The predicted octanol–water partition coefficient (Wildman–Crippen LogP) is 1.00. The normalized spacial score (nSPS) is 23.2. The maximum atomic E-state index is 8.96. The van der Waals surface area contributed by atoms with Gasteiger partial charge in [0.05, 0.1) is 6.10 Å². The minimum absolute atomic E-state index is 0.207. The van der Waals surface area contributed by atoms with E-state index in [0.717, 1.165) is 24.9 Å². The Balaban J connectivity index is 1.93. The Morgan fingerprint density at radius 2 is 2.00 bits per heavy atom. The molecule has 0 aromatic heterocycles. The quantitative estimate of drug-likeness (QED) is 0.624. The van der Waals surface area contributed by atoms with Crippen molar-refractivity contribution < 1.29 is 5.11 Å². The maximum Gasteiger partial charge on any atom is 0.0636 e. The first-order valence-corrected chi connectivity index (χ1v) is 4.59. The van der Waals surface area contributed by atoms with E-state index >= 15 is 0 Å². The van der Waals surface area contributed by atoms with Gasteiger partial charge in [-0.15, -0.1) is 0 Å². The molecule has 11 heavy (non-hydrogen) atoms. The minimum Gasteiger partial charge on any atom is -0.392 e. The van der Waals surface area contributed by atoms with E-state index in [0.29, 0.717) is 0 Å². The van der Waals surface area contributed by atoms with Gasteiger partial charge in [-0.05, 0) is 38.1 Å². The molecule has 1 aliphatic carbocycles. The van der Waals surface area contributed by atoms with E-state index in [4.69, 9.17) is 5.11 Å². The lowest BCUT2D eigenvalue weighted by Crippen LogP contribution is -2.29. The molecule has 0 aromatic carbocycles. The third-order valence-corrected chi connectivity index (χ3v) is 2.33. The average molecular weight is 157 g/mol. The van der Waals surface area contributed by atoms with Crippen molar-refractivity contribution >= 4 is 0 Å². The molecule has 0 spiro atoms. The summed E-state index contributed by atoms with van der Waals surface area (Å²) in [5.74, 6) is 1.77. The second-order valence-electron chi connectivity index (χ2n) is 3.82. The first kappa shape index (κ1) is 9.01. The maximum absolute atomic E-state index is 8.96. The number of aliphatic hydroxyl groups is 1. The highest BCUT2D eigenvalue weighted by Crippen LogP contribution is 2.35. The lowest BCUT2D eigenvalue weighted by molar-refractivity contribution is 0.189. The van der Waals surface area contributed by atoms with E-state index in [1.165, 1.54) is 12.8 Å². The fourth-order valence-corrected chi connectivity index (χ4v) is 1.35. The van der Waals surface area contributed by atoms with Crippen molar-refractivity contribution in [2.75, 3.05) is 13.1 Å². The number of hydrogen-bond acceptors (Lipinski definition) is 2. The molecule has 2 N–H and O–H groups in total. The summed E-state index contributed by atoms with van der Waals surface area (Å²) in [6, 6.07) is 0. The van der Waals surface area contributed by atoms with Gasteiger partial charge in [-0.25, -0.2) is 0 Å². The molecule has 0 heterocycles. The molecule has 2 nitrogen and oxygen atoms in total. The molecule has 0 amide bonds. The lowest BCUT2D eigenvalue weighted by atomic mass is 10.1. The van der Waals surface area contributed by atoms with E-state index in [1.807, 2.05) is 6.92 Å². The molecule has 0 saturated heterocycles. The van der Waals surface area contributed by atoms with Crippen LogP contribution in [0.25, 0.3) is 0 Å². The number of rotatable bonds is 5. The van der Waals surface area contributed by atoms with Crippen molar-refractivity contribution in [2.45, 2.75) is 32.8 Å². The zero-order valence-electron chi connectivity index (χ0n) is 7.51. The van der Waals surface area contributed by atoms with Crippen molar-refractivity contribution in [1.29, 1.82) is 0 Å². The molecule has 0 aliphatic heterocycles. The van der Waals surface area contributed by atoms with Crippen LogP contribution in [0, 0.1) is 11.8 Å². The zero-order valence-corrected chi connectivity index (χ0v) is 7.51. The van der Waals surface area contributed by atoms with Gasteiger partial charge in [0.15, 0.2) is 0 Å². The van der Waals surface area contributed by atoms with Gasteiger partial charge < -0.3 is 10.4 Å². The molecular weight excluding hydrogens is 138 g/mol. The summed E-state index contributed by atoms with van der Waals surface area (Å²) in [6.07, 6.45) is 2.62. The summed E-state index contributed by atoms with van der Waals surface area (Å²) in [4.78, 5) is 0. The molecule has 0 aromatic rings. The zero-order chi connectivity index (χ0) is 8.27. The van der Waals surface area contributed by atoms with Gasteiger partial charge in [0, 0.05) is 6.54 Å². The SMILES string of the molecule is CC(CNC[C@@H](C)O)C1CC1. The van der Waals surface area contributed by atoms with Gasteiger partial charge in [-0.2, -0.15) is 0 Å². The molecule has 0 bridgehead atoms. The molecule has 1 saturated carbocycles. The fraction of sp³-hybridized carbons (Fsp3) is 1.00. The number of nitrogens with one attached hydrogen (secondary N) is 1. The monoisotopic (exact) mass is 157 g/mol. The van der Waals surface area contributed by atoms with Gasteiger partial charge >= 0.3 is 0 Å². The third-order valence-electron chi connectivity index (χ3n) is 2.33. The van der Waals surface area contributed by atoms with Crippen molar-refractivity contribution in [1.82, 2.24) is 5.32 Å². The molecule has 2 heteroatoms. The van der Waals surface area contributed by atoms with E-state index in [-0.39, 0.29) is 6.10 Å². The van der Waals surface area contributed by atoms with Crippen molar-refractivity contribution in [3.05, 3.63) is 0 Å². The average Bonchev–Trinajstić information content (AvgIpc) is 2.66. The molecule has 66 valence electrons. The molecule has 1 unspecified atom stereocenters. The second kappa shape index (κ2) is 4.07. The van der Waals surface area contributed by atoms with Crippen LogP contribution >= 0.6 is 0 Å². The van der Waals surface area contributed by atoms with Gasteiger partial charge in [0.25, 0.3) is 0 Å². The first-order chi connectivity index (χ1) is 5.20. The lowest BCUT2D eigenvalue weighted by Gasteiger charge is -2.11. The molecular formula is C9H19NO. The summed E-state index contributed by atoms with van der Waals surface area (Å²) in [6.45, 7) is 5.90. The smallest absolute Gasteiger partial charge is 0.0636 e. The Bertz CT molecular complexity index is 110. The van der Waals surface area contributed by atoms with Gasteiger partial charge in [-0.3, -0.25) is 0 Å². The minimum atomic E-state index is -0.207. The summed E-state index contributed by atoms with van der Waals surface area (Å²) >= 11 is 0. The summed E-state index contributed by atoms with van der Waals surface area (Å²) in [5.41, 5.74) is 0.